The molecular formula is C13H9NO. The van der Waals surface area contributed by atoms with Crippen molar-refractivity contribution < 1.29 is 4.79 Å². The zero-order chi connectivity index (χ0) is 10.3. The molecule has 2 heteroatoms. The van der Waals surface area contributed by atoms with E-state index in [2.05, 4.69) is 4.98 Å². The van der Waals surface area contributed by atoms with Gasteiger partial charge in [-0.15, -0.1) is 0 Å². The Morgan fingerprint density at radius 3 is 2.60 bits per heavy atom. The Labute approximate surface area is 86.5 Å². The number of benzene rings is 2. The third-order valence-corrected chi connectivity index (χ3v) is 2.69. The van der Waals surface area contributed by atoms with Crippen LogP contribution in [0.2, 0.25) is 0 Å². The van der Waals surface area contributed by atoms with E-state index in [1.54, 1.807) is 0 Å². The van der Waals surface area contributed by atoms with E-state index in [0.29, 0.717) is 0 Å². The lowest BCUT2D eigenvalue weighted by Gasteiger charge is -1.94. The second-order valence-corrected chi connectivity index (χ2v) is 3.56. The average Bonchev–Trinajstić information content (AvgIpc) is 2.67. The van der Waals surface area contributed by atoms with Crippen molar-refractivity contribution in [2.24, 2.45) is 0 Å². The molecule has 0 radical (unpaired) electrons. The van der Waals surface area contributed by atoms with E-state index in [1.807, 2.05) is 42.5 Å². The third kappa shape index (κ3) is 1.08. The lowest BCUT2D eigenvalue weighted by atomic mass is 10.1. The molecule has 0 saturated carbocycles. The highest BCUT2D eigenvalue weighted by molar-refractivity contribution is 6.13. The largest absolute Gasteiger partial charge is 0.354 e. The van der Waals surface area contributed by atoms with Crippen molar-refractivity contribution in [2.75, 3.05) is 0 Å². The number of nitrogens with one attached hydrogen (secondary N) is 1. The van der Waals surface area contributed by atoms with Gasteiger partial charge in [-0.3, -0.25) is 4.79 Å². The number of aromatic nitrogens is 1. The SMILES string of the molecule is O=Cc1cccc2[nH]c3ccccc3c12. The van der Waals surface area contributed by atoms with Crippen molar-refractivity contribution in [2.45, 2.75) is 0 Å². The summed E-state index contributed by atoms with van der Waals surface area (Å²) in [7, 11) is 0. The zero-order valence-corrected chi connectivity index (χ0v) is 8.03. The van der Waals surface area contributed by atoms with Gasteiger partial charge in [-0.25, -0.2) is 0 Å². The molecule has 0 unspecified atom stereocenters. The molecule has 0 amide bonds. The number of carbonyl (C=O) groups is 1. The van der Waals surface area contributed by atoms with Gasteiger partial charge in [-0.05, 0) is 12.1 Å². The zero-order valence-electron chi connectivity index (χ0n) is 8.03. The minimum atomic E-state index is 0.741. The van der Waals surface area contributed by atoms with Crippen LogP contribution in [0.25, 0.3) is 21.8 Å². The third-order valence-electron chi connectivity index (χ3n) is 2.69. The first-order valence-corrected chi connectivity index (χ1v) is 4.85. The Hall–Kier alpha value is -2.09. The maximum atomic E-state index is 10.9. The highest BCUT2D eigenvalue weighted by Crippen LogP contribution is 2.27. The summed E-state index contributed by atoms with van der Waals surface area (Å²) in [6.07, 6.45) is 0.905. The standard InChI is InChI=1S/C13H9NO/c15-8-9-4-3-7-12-13(9)10-5-1-2-6-11(10)14-12/h1-8,14H. The summed E-state index contributed by atoms with van der Waals surface area (Å²) >= 11 is 0. The number of fused-ring (bicyclic) bond motifs is 3. The molecular weight excluding hydrogens is 186 g/mol. The molecule has 2 aromatic carbocycles. The Morgan fingerprint density at radius 1 is 0.933 bits per heavy atom. The Morgan fingerprint density at radius 2 is 1.73 bits per heavy atom. The van der Waals surface area contributed by atoms with Crippen LogP contribution in [0.15, 0.2) is 42.5 Å². The fraction of sp³-hybridized carbons (Fsp3) is 0. The van der Waals surface area contributed by atoms with Gasteiger partial charge >= 0.3 is 0 Å². The lowest BCUT2D eigenvalue weighted by Crippen LogP contribution is -1.79. The van der Waals surface area contributed by atoms with Gasteiger partial charge < -0.3 is 4.98 Å². The molecule has 1 N–H and O–H groups in total. The van der Waals surface area contributed by atoms with E-state index in [-0.39, 0.29) is 0 Å². The summed E-state index contributed by atoms with van der Waals surface area (Å²) in [5.41, 5.74) is 2.83. The number of aldehydes is 1. The number of para-hydroxylation sites is 1. The van der Waals surface area contributed by atoms with Gasteiger partial charge in [0, 0.05) is 27.4 Å². The van der Waals surface area contributed by atoms with E-state index in [1.165, 1.54) is 0 Å². The van der Waals surface area contributed by atoms with E-state index in [0.717, 1.165) is 33.7 Å². The van der Waals surface area contributed by atoms with Gasteiger partial charge in [0.2, 0.25) is 0 Å². The van der Waals surface area contributed by atoms with Gasteiger partial charge in [0.25, 0.3) is 0 Å². The maximum absolute atomic E-state index is 10.9. The summed E-state index contributed by atoms with van der Waals surface area (Å²) in [5.74, 6) is 0. The van der Waals surface area contributed by atoms with Crippen molar-refractivity contribution in [1.29, 1.82) is 0 Å². The molecule has 0 spiro atoms. The van der Waals surface area contributed by atoms with Gasteiger partial charge in [-0.1, -0.05) is 30.3 Å². The monoisotopic (exact) mass is 195 g/mol. The summed E-state index contributed by atoms with van der Waals surface area (Å²) in [6.45, 7) is 0. The number of hydrogen-bond acceptors (Lipinski definition) is 1. The normalized spacial score (nSPS) is 10.9. The smallest absolute Gasteiger partial charge is 0.150 e. The molecule has 3 rings (SSSR count). The molecule has 72 valence electrons. The Bertz CT molecular complexity index is 652. The molecule has 1 heterocycles. The van der Waals surface area contributed by atoms with Gasteiger partial charge in [-0.2, -0.15) is 0 Å². The van der Waals surface area contributed by atoms with Crippen LogP contribution in [0.5, 0.6) is 0 Å². The van der Waals surface area contributed by atoms with Crippen LogP contribution >= 0.6 is 0 Å². The van der Waals surface area contributed by atoms with E-state index >= 15 is 0 Å². The van der Waals surface area contributed by atoms with Crippen molar-refractivity contribution in [3.8, 4) is 0 Å². The van der Waals surface area contributed by atoms with E-state index < -0.39 is 0 Å². The van der Waals surface area contributed by atoms with Gasteiger partial charge in [0.05, 0.1) is 0 Å². The predicted octanol–water partition coefficient (Wildman–Crippen LogP) is 3.13. The van der Waals surface area contributed by atoms with Crippen LogP contribution in [-0.4, -0.2) is 11.3 Å². The second kappa shape index (κ2) is 2.95. The second-order valence-electron chi connectivity index (χ2n) is 3.56. The van der Waals surface area contributed by atoms with E-state index in [9.17, 15) is 4.79 Å². The van der Waals surface area contributed by atoms with Crippen LogP contribution in [-0.2, 0) is 0 Å². The molecule has 15 heavy (non-hydrogen) atoms. The molecule has 0 fully saturated rings. The van der Waals surface area contributed by atoms with Crippen LogP contribution in [0.3, 0.4) is 0 Å². The summed E-state index contributed by atoms with van der Waals surface area (Å²) in [4.78, 5) is 14.2. The van der Waals surface area contributed by atoms with E-state index in [4.69, 9.17) is 0 Å². The van der Waals surface area contributed by atoms with Gasteiger partial charge in [0.15, 0.2) is 6.29 Å². The molecule has 0 saturated heterocycles. The molecule has 3 aromatic rings. The topological polar surface area (TPSA) is 32.9 Å². The molecule has 1 aromatic heterocycles. The quantitative estimate of drug-likeness (QED) is 0.594. The first kappa shape index (κ1) is 8.24. The fourth-order valence-corrected chi connectivity index (χ4v) is 2.03. The van der Waals surface area contributed by atoms with Gasteiger partial charge in [0.1, 0.15) is 0 Å². The first-order chi connectivity index (χ1) is 7.40. The van der Waals surface area contributed by atoms with Crippen molar-refractivity contribution in [3.63, 3.8) is 0 Å². The van der Waals surface area contributed by atoms with Crippen molar-refractivity contribution in [3.05, 3.63) is 48.0 Å². The number of H-pyrrole nitrogens is 1. The number of hydrogen-bond donors (Lipinski definition) is 1. The molecule has 2 nitrogen and oxygen atoms in total. The molecule has 0 aliphatic heterocycles. The molecule has 0 aliphatic rings. The number of aromatic amines is 1. The lowest BCUT2D eigenvalue weighted by molar-refractivity contribution is 0.112. The van der Waals surface area contributed by atoms with Crippen molar-refractivity contribution in [1.82, 2.24) is 4.98 Å². The molecule has 0 bridgehead atoms. The number of rotatable bonds is 1. The molecule has 0 aliphatic carbocycles. The highest BCUT2D eigenvalue weighted by atomic mass is 16.1. The van der Waals surface area contributed by atoms with Crippen molar-refractivity contribution >= 4 is 28.1 Å². The summed E-state index contributed by atoms with van der Waals surface area (Å²) in [5, 5.41) is 2.12. The van der Waals surface area contributed by atoms with Crippen LogP contribution in [0.1, 0.15) is 10.4 Å². The molecule has 0 atom stereocenters. The highest BCUT2D eigenvalue weighted by Gasteiger charge is 2.06. The number of carbonyl (C=O) groups excluding carboxylic acids is 1. The van der Waals surface area contributed by atoms with Crippen LogP contribution in [0, 0.1) is 0 Å². The first-order valence-electron chi connectivity index (χ1n) is 4.85. The summed E-state index contributed by atoms with van der Waals surface area (Å²) < 4.78 is 0. The fourth-order valence-electron chi connectivity index (χ4n) is 2.03. The van der Waals surface area contributed by atoms with Crippen LogP contribution < -0.4 is 0 Å². The van der Waals surface area contributed by atoms with Crippen LogP contribution in [0.4, 0.5) is 0 Å². The predicted molar refractivity (Wildman–Crippen MR) is 61.2 cm³/mol. The minimum Gasteiger partial charge on any atom is -0.354 e. The minimum absolute atomic E-state index is 0.741. The Balaban J connectivity index is 2.62. The maximum Gasteiger partial charge on any atom is 0.150 e. The summed E-state index contributed by atoms with van der Waals surface area (Å²) in [6, 6.07) is 13.7. The average molecular weight is 195 g/mol. The Kier molecular flexibility index (Phi) is 1.62.